The third-order valence-corrected chi connectivity index (χ3v) is 4.66. The van der Waals surface area contributed by atoms with Crippen LogP contribution in [-0.2, 0) is 17.1 Å². The number of hydrogen-bond acceptors (Lipinski definition) is 4. The SMILES string of the molecule is Cn1cc(S(=O)(=O)NCC(F)(F)F)cc1C(O)Nc1ccc(F)c(F)c1. The first kappa shape index (κ1) is 20.1. The molecule has 3 N–H and O–H groups in total. The Kier molecular flexibility index (Phi) is 5.58. The van der Waals surface area contributed by atoms with E-state index in [9.17, 15) is 35.5 Å². The summed E-state index contributed by atoms with van der Waals surface area (Å²) in [5, 5.41) is 12.5. The third-order valence-electron chi connectivity index (χ3n) is 3.29. The molecule has 0 aliphatic carbocycles. The molecule has 12 heteroatoms. The van der Waals surface area contributed by atoms with Crippen molar-refractivity contribution in [2.45, 2.75) is 17.3 Å². The molecule has 0 aliphatic heterocycles. The summed E-state index contributed by atoms with van der Waals surface area (Å²) in [4.78, 5) is -0.495. The summed E-state index contributed by atoms with van der Waals surface area (Å²) in [7, 11) is -3.10. The first-order valence-electron chi connectivity index (χ1n) is 7.01. The number of rotatable bonds is 6. The van der Waals surface area contributed by atoms with Crippen LogP contribution in [0.5, 0.6) is 0 Å². The first-order valence-corrected chi connectivity index (χ1v) is 8.50. The first-order chi connectivity index (χ1) is 11.9. The van der Waals surface area contributed by atoms with Crippen molar-refractivity contribution in [3.63, 3.8) is 0 Å². The number of aliphatic hydroxyl groups is 1. The molecule has 26 heavy (non-hydrogen) atoms. The molecule has 0 spiro atoms. The minimum Gasteiger partial charge on any atom is -0.368 e. The molecule has 1 heterocycles. The molecule has 2 aromatic rings. The number of nitrogens with zero attached hydrogens (tertiary/aromatic N) is 1. The number of aliphatic hydroxyl groups excluding tert-OH is 1. The van der Waals surface area contributed by atoms with Crippen LogP contribution < -0.4 is 10.0 Å². The van der Waals surface area contributed by atoms with E-state index in [4.69, 9.17) is 0 Å². The van der Waals surface area contributed by atoms with Crippen molar-refractivity contribution in [1.82, 2.24) is 9.29 Å². The highest BCUT2D eigenvalue weighted by atomic mass is 32.2. The van der Waals surface area contributed by atoms with E-state index in [0.29, 0.717) is 0 Å². The average molecular weight is 399 g/mol. The Hall–Kier alpha value is -2.18. The van der Waals surface area contributed by atoms with Gasteiger partial charge in [0, 0.05) is 25.0 Å². The summed E-state index contributed by atoms with van der Waals surface area (Å²) < 4.78 is 88.9. The molecule has 2 rings (SSSR count). The number of hydrogen-bond donors (Lipinski definition) is 3. The highest BCUT2D eigenvalue weighted by molar-refractivity contribution is 7.89. The van der Waals surface area contributed by atoms with Gasteiger partial charge in [-0.25, -0.2) is 21.9 Å². The molecule has 0 amide bonds. The number of alkyl halides is 3. The standard InChI is InChI=1S/C14H14F5N3O3S/c1-22-6-9(26(24,25)20-7-14(17,18)19)5-12(22)13(23)21-8-2-3-10(15)11(16)4-8/h2-6,13,20-21,23H,7H2,1H3. The van der Waals surface area contributed by atoms with Crippen molar-refractivity contribution in [3.8, 4) is 0 Å². The van der Waals surface area contributed by atoms with Crippen LogP contribution in [0.1, 0.15) is 11.9 Å². The quantitative estimate of drug-likeness (QED) is 0.514. The molecular formula is C14H14F5N3O3S. The topological polar surface area (TPSA) is 83.4 Å². The number of nitrogens with one attached hydrogen (secondary N) is 2. The normalized spacial score (nSPS) is 13.7. The van der Waals surface area contributed by atoms with Crippen molar-refractivity contribution in [1.29, 1.82) is 0 Å². The van der Waals surface area contributed by atoms with E-state index < -0.39 is 45.5 Å². The lowest BCUT2D eigenvalue weighted by Gasteiger charge is -2.15. The fourth-order valence-corrected chi connectivity index (χ4v) is 3.14. The van der Waals surface area contributed by atoms with Crippen molar-refractivity contribution >= 4 is 15.7 Å². The second-order valence-corrected chi connectivity index (χ2v) is 7.09. The Morgan fingerprint density at radius 3 is 2.42 bits per heavy atom. The highest BCUT2D eigenvalue weighted by Gasteiger charge is 2.31. The molecule has 0 fully saturated rings. The van der Waals surface area contributed by atoms with Crippen molar-refractivity contribution in [2.24, 2.45) is 7.05 Å². The lowest BCUT2D eigenvalue weighted by atomic mass is 10.3. The summed E-state index contributed by atoms with van der Waals surface area (Å²) in [5.41, 5.74) is -0.0145. The number of anilines is 1. The highest BCUT2D eigenvalue weighted by Crippen LogP contribution is 2.23. The predicted molar refractivity (Wildman–Crippen MR) is 81.6 cm³/mol. The van der Waals surface area contributed by atoms with Gasteiger partial charge in [-0.1, -0.05) is 0 Å². The Bertz CT molecular complexity index is 896. The van der Waals surface area contributed by atoms with Gasteiger partial charge in [0.05, 0.1) is 5.69 Å². The average Bonchev–Trinajstić information content (AvgIpc) is 2.91. The van der Waals surface area contributed by atoms with Gasteiger partial charge < -0.3 is 15.0 Å². The second kappa shape index (κ2) is 7.21. The maximum Gasteiger partial charge on any atom is 0.402 e. The summed E-state index contributed by atoms with van der Waals surface area (Å²) >= 11 is 0. The summed E-state index contributed by atoms with van der Waals surface area (Å²) in [6.45, 7) is -1.74. The minimum absolute atomic E-state index is 0.0113. The van der Waals surface area contributed by atoms with Gasteiger partial charge in [0.2, 0.25) is 10.0 Å². The zero-order chi connectivity index (χ0) is 19.7. The molecular weight excluding hydrogens is 385 g/mol. The van der Waals surface area contributed by atoms with Crippen LogP contribution >= 0.6 is 0 Å². The van der Waals surface area contributed by atoms with Crippen LogP contribution in [0.25, 0.3) is 0 Å². The van der Waals surface area contributed by atoms with Gasteiger partial charge in [-0.15, -0.1) is 0 Å². The molecule has 0 saturated heterocycles. The molecule has 0 radical (unpaired) electrons. The largest absolute Gasteiger partial charge is 0.402 e. The molecule has 1 aromatic carbocycles. The summed E-state index contributed by atoms with van der Waals surface area (Å²) in [6, 6.07) is 3.71. The van der Waals surface area contributed by atoms with E-state index >= 15 is 0 Å². The number of aromatic nitrogens is 1. The lowest BCUT2D eigenvalue weighted by molar-refractivity contribution is -0.121. The molecule has 0 aliphatic rings. The van der Waals surface area contributed by atoms with E-state index in [1.165, 1.54) is 16.3 Å². The molecule has 6 nitrogen and oxygen atoms in total. The Morgan fingerprint density at radius 1 is 1.19 bits per heavy atom. The number of sulfonamides is 1. The molecule has 0 saturated carbocycles. The Labute approximate surface area is 145 Å². The smallest absolute Gasteiger partial charge is 0.368 e. The number of aryl methyl sites for hydroxylation is 1. The summed E-state index contributed by atoms with van der Waals surface area (Å²) in [5.74, 6) is -2.25. The van der Waals surface area contributed by atoms with E-state index in [2.05, 4.69) is 5.32 Å². The lowest BCUT2D eigenvalue weighted by Crippen LogP contribution is -2.33. The maximum absolute atomic E-state index is 13.2. The fraction of sp³-hybridized carbons (Fsp3) is 0.286. The van der Waals surface area contributed by atoms with E-state index in [0.717, 1.165) is 30.5 Å². The molecule has 1 atom stereocenters. The van der Waals surface area contributed by atoms with E-state index in [1.54, 1.807) is 0 Å². The minimum atomic E-state index is -4.72. The van der Waals surface area contributed by atoms with E-state index in [-0.39, 0.29) is 11.4 Å². The zero-order valence-electron chi connectivity index (χ0n) is 13.2. The Morgan fingerprint density at radius 2 is 1.85 bits per heavy atom. The van der Waals surface area contributed by atoms with Crippen molar-refractivity contribution < 1.29 is 35.5 Å². The van der Waals surface area contributed by atoms with Crippen LogP contribution in [0, 0.1) is 11.6 Å². The summed E-state index contributed by atoms with van der Waals surface area (Å²) in [6.07, 6.45) is -5.25. The van der Waals surface area contributed by atoms with Crippen molar-refractivity contribution in [2.75, 3.05) is 11.9 Å². The predicted octanol–water partition coefficient (Wildman–Crippen LogP) is 2.25. The van der Waals surface area contributed by atoms with Crippen LogP contribution in [0.15, 0.2) is 35.4 Å². The Balaban J connectivity index is 2.19. The molecule has 0 bridgehead atoms. The molecule has 1 aromatic heterocycles. The van der Waals surface area contributed by atoms with Gasteiger partial charge in [0.25, 0.3) is 0 Å². The monoisotopic (exact) mass is 399 g/mol. The van der Waals surface area contributed by atoms with Gasteiger partial charge in [-0.2, -0.15) is 13.2 Å². The van der Waals surface area contributed by atoms with Gasteiger partial charge >= 0.3 is 6.18 Å². The maximum atomic E-state index is 13.2. The van der Waals surface area contributed by atoms with Gasteiger partial charge in [-0.3, -0.25) is 0 Å². The number of halogens is 5. The van der Waals surface area contributed by atoms with Crippen molar-refractivity contribution in [3.05, 3.63) is 47.8 Å². The van der Waals surface area contributed by atoms with Crippen LogP contribution in [0.4, 0.5) is 27.6 Å². The van der Waals surface area contributed by atoms with Gasteiger partial charge in [0.15, 0.2) is 17.9 Å². The van der Waals surface area contributed by atoms with Gasteiger partial charge in [-0.05, 0) is 18.2 Å². The van der Waals surface area contributed by atoms with Crippen LogP contribution in [-0.4, -0.2) is 30.8 Å². The third kappa shape index (κ3) is 4.93. The van der Waals surface area contributed by atoms with E-state index in [1.807, 2.05) is 0 Å². The zero-order valence-corrected chi connectivity index (χ0v) is 14.0. The second-order valence-electron chi connectivity index (χ2n) is 5.33. The number of benzene rings is 1. The fourth-order valence-electron chi connectivity index (χ4n) is 2.05. The van der Waals surface area contributed by atoms with Crippen LogP contribution in [0.3, 0.4) is 0 Å². The van der Waals surface area contributed by atoms with Gasteiger partial charge in [0.1, 0.15) is 11.4 Å². The molecule has 1 unspecified atom stereocenters. The molecule has 144 valence electrons. The van der Waals surface area contributed by atoms with Crippen LogP contribution in [0.2, 0.25) is 0 Å².